The zero-order valence-electron chi connectivity index (χ0n) is 5.74. The normalized spacial score (nSPS) is 10.8. The molecule has 0 aliphatic carbocycles. The van der Waals surface area contributed by atoms with Crippen LogP contribution >= 0.6 is 37.3 Å². The second-order valence-electron chi connectivity index (χ2n) is 2.19. The summed E-state index contributed by atoms with van der Waals surface area (Å²) in [5, 5.41) is 0. The fraction of sp³-hybridized carbons (Fsp3) is 0. The SMILES string of the molecule is S=c1[nH]c(=S)c2c(ncn2S)[nH]1. The Morgan fingerprint density at radius 3 is 2.92 bits per heavy atom. The molecule has 0 spiro atoms. The lowest BCUT2D eigenvalue weighted by atomic mass is 10.6. The summed E-state index contributed by atoms with van der Waals surface area (Å²) < 4.78 is 2.56. The van der Waals surface area contributed by atoms with Gasteiger partial charge in [-0.2, -0.15) is 0 Å². The Morgan fingerprint density at radius 2 is 2.17 bits per heavy atom. The summed E-state index contributed by atoms with van der Waals surface area (Å²) in [6.07, 6.45) is 1.56. The molecule has 0 saturated carbocycles. The van der Waals surface area contributed by atoms with Crippen LogP contribution in [0.4, 0.5) is 0 Å². The zero-order valence-corrected chi connectivity index (χ0v) is 8.26. The number of nitrogens with zero attached hydrogens (tertiary/aromatic N) is 2. The van der Waals surface area contributed by atoms with Crippen molar-refractivity contribution in [3.63, 3.8) is 0 Å². The summed E-state index contributed by atoms with van der Waals surface area (Å²) in [6.45, 7) is 0. The molecule has 0 amide bonds. The standard InChI is InChI=1S/C5H4N4S3/c10-4-2-3(6-1-9(2)12)7-5(11)8-4/h1,12H,(H2,7,8,10,11). The van der Waals surface area contributed by atoms with Gasteiger partial charge in [0.1, 0.15) is 16.5 Å². The molecule has 0 aliphatic heterocycles. The van der Waals surface area contributed by atoms with Crippen LogP contribution in [0.5, 0.6) is 0 Å². The van der Waals surface area contributed by atoms with Crippen LogP contribution in [-0.2, 0) is 0 Å². The third-order valence-corrected chi connectivity index (χ3v) is 2.23. The predicted octanol–water partition coefficient (Wildman–Crippen LogP) is 1.84. The van der Waals surface area contributed by atoms with Crippen molar-refractivity contribution < 1.29 is 0 Å². The second kappa shape index (κ2) is 2.68. The minimum absolute atomic E-state index is 0.472. The zero-order chi connectivity index (χ0) is 8.72. The first-order valence-corrected chi connectivity index (χ1v) is 4.29. The van der Waals surface area contributed by atoms with Crippen LogP contribution in [0.2, 0.25) is 0 Å². The fourth-order valence-electron chi connectivity index (χ4n) is 0.944. The van der Waals surface area contributed by atoms with Crippen LogP contribution in [0, 0.1) is 9.41 Å². The molecule has 0 radical (unpaired) electrons. The van der Waals surface area contributed by atoms with E-state index in [2.05, 4.69) is 27.8 Å². The molecule has 0 aromatic carbocycles. The minimum Gasteiger partial charge on any atom is -0.322 e. The minimum atomic E-state index is 0.472. The van der Waals surface area contributed by atoms with Gasteiger partial charge in [-0.3, -0.25) is 3.97 Å². The van der Waals surface area contributed by atoms with E-state index in [1.807, 2.05) is 0 Å². The molecule has 7 heteroatoms. The Kier molecular flexibility index (Phi) is 1.78. The number of aromatic nitrogens is 4. The average molecular weight is 216 g/mol. The Hall–Kier alpha value is -0.660. The molecular weight excluding hydrogens is 212 g/mol. The molecule has 4 nitrogen and oxygen atoms in total. The molecule has 2 rings (SSSR count). The highest BCUT2D eigenvalue weighted by Crippen LogP contribution is 2.10. The number of thiol groups is 1. The third-order valence-electron chi connectivity index (χ3n) is 1.42. The van der Waals surface area contributed by atoms with Crippen molar-refractivity contribution in [2.24, 2.45) is 0 Å². The highest BCUT2D eigenvalue weighted by molar-refractivity contribution is 7.78. The maximum absolute atomic E-state index is 5.03. The summed E-state index contributed by atoms with van der Waals surface area (Å²) in [4.78, 5) is 9.69. The van der Waals surface area contributed by atoms with E-state index in [1.165, 1.54) is 0 Å². The van der Waals surface area contributed by atoms with E-state index < -0.39 is 0 Å². The number of H-pyrrole nitrogens is 2. The van der Waals surface area contributed by atoms with Crippen LogP contribution in [0.1, 0.15) is 0 Å². The van der Waals surface area contributed by atoms with E-state index >= 15 is 0 Å². The molecule has 0 saturated heterocycles. The smallest absolute Gasteiger partial charge is 0.177 e. The first-order chi connectivity index (χ1) is 5.68. The molecule has 12 heavy (non-hydrogen) atoms. The highest BCUT2D eigenvalue weighted by atomic mass is 32.1. The van der Waals surface area contributed by atoms with Crippen LogP contribution < -0.4 is 0 Å². The molecule has 62 valence electrons. The van der Waals surface area contributed by atoms with Crippen LogP contribution in [0.3, 0.4) is 0 Å². The van der Waals surface area contributed by atoms with Crippen LogP contribution in [-0.4, -0.2) is 18.9 Å². The molecule has 0 unspecified atom stereocenters. The van der Waals surface area contributed by atoms with Gasteiger partial charge in [0.05, 0.1) is 0 Å². The van der Waals surface area contributed by atoms with Crippen LogP contribution in [0.25, 0.3) is 11.2 Å². The summed E-state index contributed by atoms with van der Waals surface area (Å²) in [6, 6.07) is 0. The number of hydrogen-bond acceptors (Lipinski definition) is 4. The predicted molar refractivity (Wildman–Crippen MR) is 54.5 cm³/mol. The quantitative estimate of drug-likeness (QED) is 0.465. The monoisotopic (exact) mass is 216 g/mol. The van der Waals surface area contributed by atoms with E-state index in [4.69, 9.17) is 24.4 Å². The maximum atomic E-state index is 5.03. The number of aromatic amines is 2. The van der Waals surface area contributed by atoms with E-state index in [1.54, 1.807) is 10.3 Å². The summed E-state index contributed by atoms with van der Waals surface area (Å²) >= 11 is 14.0. The van der Waals surface area contributed by atoms with Gasteiger partial charge in [-0.15, -0.1) is 0 Å². The van der Waals surface area contributed by atoms with Gasteiger partial charge < -0.3 is 9.97 Å². The number of nitrogens with one attached hydrogen (secondary N) is 2. The molecule has 2 aromatic heterocycles. The summed E-state index contributed by atoms with van der Waals surface area (Å²) in [5.74, 6) is 0. The highest BCUT2D eigenvalue weighted by Gasteiger charge is 2.01. The van der Waals surface area contributed by atoms with E-state index in [0.717, 1.165) is 5.52 Å². The lowest BCUT2D eigenvalue weighted by Crippen LogP contribution is -1.86. The van der Waals surface area contributed by atoms with Gasteiger partial charge in [-0.1, -0.05) is 25.0 Å². The maximum Gasteiger partial charge on any atom is 0.177 e. The van der Waals surface area contributed by atoms with Crippen molar-refractivity contribution in [3.8, 4) is 0 Å². The molecule has 0 aliphatic rings. The number of imidazole rings is 1. The molecule has 2 heterocycles. The lowest BCUT2D eigenvalue weighted by molar-refractivity contribution is 1.15. The molecular formula is C5H4N4S3. The van der Waals surface area contributed by atoms with E-state index in [-0.39, 0.29) is 0 Å². The van der Waals surface area contributed by atoms with E-state index in [0.29, 0.717) is 15.1 Å². The van der Waals surface area contributed by atoms with Crippen LogP contribution in [0.15, 0.2) is 6.33 Å². The molecule has 2 N–H and O–H groups in total. The number of rotatable bonds is 0. The van der Waals surface area contributed by atoms with Crippen molar-refractivity contribution in [2.75, 3.05) is 0 Å². The molecule has 2 aromatic rings. The van der Waals surface area contributed by atoms with Gasteiger partial charge in [0.2, 0.25) is 0 Å². The van der Waals surface area contributed by atoms with Gasteiger partial charge in [0.15, 0.2) is 10.4 Å². The third kappa shape index (κ3) is 1.10. The summed E-state index contributed by atoms with van der Waals surface area (Å²) in [5.41, 5.74) is 1.39. The lowest BCUT2D eigenvalue weighted by Gasteiger charge is -1.92. The fourth-order valence-corrected chi connectivity index (χ4v) is 1.82. The Balaban J connectivity index is 3.13. The molecule has 0 fully saturated rings. The Morgan fingerprint density at radius 1 is 1.42 bits per heavy atom. The summed E-state index contributed by atoms with van der Waals surface area (Å²) in [7, 11) is 0. The molecule has 0 bridgehead atoms. The Labute approximate surface area is 83.2 Å². The van der Waals surface area contributed by atoms with E-state index in [9.17, 15) is 0 Å². The molecule has 0 atom stereocenters. The second-order valence-corrected chi connectivity index (χ2v) is 3.44. The Bertz CT molecular complexity index is 533. The van der Waals surface area contributed by atoms with Gasteiger partial charge >= 0.3 is 0 Å². The number of fused-ring (bicyclic) bond motifs is 1. The number of hydrogen-bond donors (Lipinski definition) is 3. The van der Waals surface area contributed by atoms with Crippen molar-refractivity contribution >= 4 is 48.4 Å². The van der Waals surface area contributed by atoms with Gasteiger partial charge in [-0.05, 0) is 12.2 Å². The first kappa shape index (κ1) is 7.96. The van der Waals surface area contributed by atoms with Gasteiger partial charge in [-0.25, -0.2) is 4.98 Å². The van der Waals surface area contributed by atoms with Crippen molar-refractivity contribution in [1.29, 1.82) is 0 Å². The van der Waals surface area contributed by atoms with Gasteiger partial charge in [0, 0.05) is 0 Å². The van der Waals surface area contributed by atoms with Crippen molar-refractivity contribution in [3.05, 3.63) is 15.7 Å². The topological polar surface area (TPSA) is 49.4 Å². The average Bonchev–Trinajstić information content (AvgIpc) is 2.31. The van der Waals surface area contributed by atoms with Crippen molar-refractivity contribution in [2.45, 2.75) is 0 Å². The first-order valence-electron chi connectivity index (χ1n) is 3.07. The van der Waals surface area contributed by atoms with Crippen molar-refractivity contribution in [1.82, 2.24) is 18.9 Å². The largest absolute Gasteiger partial charge is 0.322 e. The van der Waals surface area contributed by atoms with Gasteiger partial charge in [0.25, 0.3) is 0 Å².